The van der Waals surface area contributed by atoms with Crippen LogP contribution in [0.1, 0.15) is 13.8 Å². The fourth-order valence-electron chi connectivity index (χ4n) is 1.28. The third-order valence-corrected chi connectivity index (χ3v) is 2.08. The first-order chi connectivity index (χ1) is 6.09. The van der Waals surface area contributed by atoms with E-state index in [1.165, 1.54) is 0 Å². The summed E-state index contributed by atoms with van der Waals surface area (Å²) in [5.41, 5.74) is 1.10. The van der Waals surface area contributed by atoms with Crippen molar-refractivity contribution in [2.24, 2.45) is 0 Å². The molecular formula is C9H11N3O. The van der Waals surface area contributed by atoms with Crippen molar-refractivity contribution in [1.29, 1.82) is 0 Å². The molecule has 2 N–H and O–H groups in total. The molecule has 0 aliphatic carbocycles. The first kappa shape index (κ1) is 8.04. The number of aromatic nitrogens is 1. The third kappa shape index (κ3) is 1.24. The molecule has 1 aliphatic heterocycles. The largest absolute Gasteiger partial charge is 0.369 e. The zero-order valence-electron chi connectivity index (χ0n) is 7.59. The molecule has 13 heavy (non-hydrogen) atoms. The lowest BCUT2D eigenvalue weighted by Gasteiger charge is -2.32. The minimum atomic E-state index is -0.559. The zero-order chi connectivity index (χ0) is 9.47. The maximum Gasteiger partial charge on any atom is 0.249 e. The van der Waals surface area contributed by atoms with E-state index in [1.807, 2.05) is 13.8 Å². The predicted octanol–water partition coefficient (Wildman–Crippen LogP) is 1.22. The number of hydrogen-bond donors (Lipinski definition) is 2. The molecule has 0 spiro atoms. The minimum absolute atomic E-state index is 0.0220. The molecule has 1 aliphatic rings. The minimum Gasteiger partial charge on any atom is -0.369 e. The van der Waals surface area contributed by atoms with Gasteiger partial charge in [-0.2, -0.15) is 0 Å². The van der Waals surface area contributed by atoms with Crippen molar-refractivity contribution in [2.75, 3.05) is 10.6 Å². The monoisotopic (exact) mass is 177 g/mol. The topological polar surface area (TPSA) is 54.0 Å². The molecule has 68 valence electrons. The summed E-state index contributed by atoms with van der Waals surface area (Å²) in [6.07, 6.45) is 3.36. The molecule has 0 aromatic carbocycles. The molecule has 1 aromatic rings. The maximum atomic E-state index is 11.5. The standard InChI is InChI=1S/C9H11N3O/c1-9(2)8(13)11-6-3-4-10-5-7(6)12-9/h3-5,12H,1-2H3,(H,11,13). The normalized spacial score (nSPS) is 18.5. The molecule has 0 fully saturated rings. The summed E-state index contributed by atoms with van der Waals surface area (Å²) in [6.45, 7) is 3.66. The van der Waals surface area contributed by atoms with E-state index < -0.39 is 5.54 Å². The Morgan fingerprint density at radius 2 is 2.15 bits per heavy atom. The molecule has 0 unspecified atom stereocenters. The molecule has 1 aromatic heterocycles. The van der Waals surface area contributed by atoms with Gasteiger partial charge in [0.1, 0.15) is 5.54 Å². The highest BCUT2D eigenvalue weighted by atomic mass is 16.2. The average Bonchev–Trinajstić information content (AvgIpc) is 2.06. The molecule has 2 rings (SSSR count). The van der Waals surface area contributed by atoms with Crippen LogP contribution in [-0.4, -0.2) is 16.4 Å². The summed E-state index contributed by atoms with van der Waals surface area (Å²) >= 11 is 0. The Hall–Kier alpha value is -1.58. The number of nitrogens with one attached hydrogen (secondary N) is 2. The molecule has 0 saturated heterocycles. The van der Waals surface area contributed by atoms with Crippen molar-refractivity contribution in [3.05, 3.63) is 18.5 Å². The Kier molecular flexibility index (Phi) is 1.52. The summed E-state index contributed by atoms with van der Waals surface area (Å²) in [6, 6.07) is 1.77. The van der Waals surface area contributed by atoms with Crippen LogP contribution < -0.4 is 10.6 Å². The number of carbonyl (C=O) groups is 1. The SMILES string of the molecule is CC1(C)Nc2cnccc2NC1=O. The van der Waals surface area contributed by atoms with Crippen molar-refractivity contribution < 1.29 is 4.79 Å². The molecule has 4 heteroatoms. The van der Waals surface area contributed by atoms with Gasteiger partial charge in [-0.3, -0.25) is 9.78 Å². The Balaban J connectivity index is 2.44. The Morgan fingerprint density at radius 1 is 1.38 bits per heavy atom. The van der Waals surface area contributed by atoms with Crippen LogP contribution >= 0.6 is 0 Å². The summed E-state index contributed by atoms with van der Waals surface area (Å²) in [5.74, 6) is -0.0220. The Labute approximate surface area is 76.4 Å². The van der Waals surface area contributed by atoms with Gasteiger partial charge in [-0.15, -0.1) is 0 Å². The van der Waals surface area contributed by atoms with Gasteiger partial charge in [0, 0.05) is 6.20 Å². The van der Waals surface area contributed by atoms with Gasteiger partial charge in [-0.05, 0) is 19.9 Å². The van der Waals surface area contributed by atoms with E-state index in [9.17, 15) is 4.79 Å². The van der Waals surface area contributed by atoms with E-state index in [1.54, 1.807) is 18.5 Å². The second-order valence-corrected chi connectivity index (χ2v) is 3.63. The summed E-state index contributed by atoms with van der Waals surface area (Å²) in [7, 11) is 0. The van der Waals surface area contributed by atoms with Gasteiger partial charge in [-0.25, -0.2) is 0 Å². The number of carbonyl (C=O) groups excluding carboxylic acids is 1. The Bertz CT molecular complexity index is 360. The fraction of sp³-hybridized carbons (Fsp3) is 0.333. The van der Waals surface area contributed by atoms with Gasteiger partial charge in [0.2, 0.25) is 5.91 Å². The third-order valence-electron chi connectivity index (χ3n) is 2.08. The number of nitrogens with zero attached hydrogens (tertiary/aromatic N) is 1. The second-order valence-electron chi connectivity index (χ2n) is 3.63. The van der Waals surface area contributed by atoms with Crippen LogP contribution in [0.2, 0.25) is 0 Å². The van der Waals surface area contributed by atoms with Crippen LogP contribution in [-0.2, 0) is 4.79 Å². The van der Waals surface area contributed by atoms with E-state index in [4.69, 9.17) is 0 Å². The van der Waals surface area contributed by atoms with Crippen LogP contribution in [0.5, 0.6) is 0 Å². The summed E-state index contributed by atoms with van der Waals surface area (Å²) in [4.78, 5) is 15.5. The van der Waals surface area contributed by atoms with Crippen molar-refractivity contribution in [3.8, 4) is 0 Å². The highest BCUT2D eigenvalue weighted by Crippen LogP contribution is 2.28. The smallest absolute Gasteiger partial charge is 0.249 e. The average molecular weight is 177 g/mol. The van der Waals surface area contributed by atoms with Gasteiger partial charge in [-0.1, -0.05) is 0 Å². The molecule has 4 nitrogen and oxygen atoms in total. The zero-order valence-corrected chi connectivity index (χ0v) is 7.59. The second kappa shape index (κ2) is 2.45. The van der Waals surface area contributed by atoms with Gasteiger partial charge < -0.3 is 10.6 Å². The lowest BCUT2D eigenvalue weighted by Crippen LogP contribution is -2.47. The van der Waals surface area contributed by atoms with Crippen LogP contribution in [0, 0.1) is 0 Å². The number of pyridine rings is 1. The molecule has 2 heterocycles. The Morgan fingerprint density at radius 3 is 2.92 bits per heavy atom. The first-order valence-corrected chi connectivity index (χ1v) is 4.13. The molecule has 0 saturated carbocycles. The lowest BCUT2D eigenvalue weighted by molar-refractivity contribution is -0.119. The van der Waals surface area contributed by atoms with E-state index >= 15 is 0 Å². The fourth-order valence-corrected chi connectivity index (χ4v) is 1.28. The maximum absolute atomic E-state index is 11.5. The molecule has 0 bridgehead atoms. The van der Waals surface area contributed by atoms with Crippen LogP contribution in [0.4, 0.5) is 11.4 Å². The van der Waals surface area contributed by atoms with Crippen molar-refractivity contribution in [1.82, 2.24) is 4.98 Å². The number of fused-ring (bicyclic) bond motifs is 1. The van der Waals surface area contributed by atoms with Gasteiger partial charge in [0.25, 0.3) is 0 Å². The van der Waals surface area contributed by atoms with E-state index in [2.05, 4.69) is 15.6 Å². The predicted molar refractivity (Wildman–Crippen MR) is 50.6 cm³/mol. The first-order valence-electron chi connectivity index (χ1n) is 4.13. The number of amides is 1. The van der Waals surface area contributed by atoms with Crippen molar-refractivity contribution >= 4 is 17.3 Å². The van der Waals surface area contributed by atoms with E-state index in [0.717, 1.165) is 11.4 Å². The van der Waals surface area contributed by atoms with Gasteiger partial charge in [0.05, 0.1) is 17.6 Å². The lowest BCUT2D eigenvalue weighted by atomic mass is 10.0. The van der Waals surface area contributed by atoms with E-state index in [-0.39, 0.29) is 5.91 Å². The number of rotatable bonds is 0. The molecule has 0 radical (unpaired) electrons. The van der Waals surface area contributed by atoms with Gasteiger partial charge >= 0.3 is 0 Å². The van der Waals surface area contributed by atoms with Gasteiger partial charge in [0.15, 0.2) is 0 Å². The molecule has 0 atom stereocenters. The van der Waals surface area contributed by atoms with Crippen LogP contribution in [0.15, 0.2) is 18.5 Å². The molecule has 1 amide bonds. The number of hydrogen-bond acceptors (Lipinski definition) is 3. The highest BCUT2D eigenvalue weighted by Gasteiger charge is 2.32. The van der Waals surface area contributed by atoms with Crippen molar-refractivity contribution in [3.63, 3.8) is 0 Å². The molecular weight excluding hydrogens is 166 g/mol. The van der Waals surface area contributed by atoms with Crippen LogP contribution in [0.3, 0.4) is 0 Å². The van der Waals surface area contributed by atoms with Crippen molar-refractivity contribution in [2.45, 2.75) is 19.4 Å². The van der Waals surface area contributed by atoms with Crippen LogP contribution in [0.25, 0.3) is 0 Å². The summed E-state index contributed by atoms with van der Waals surface area (Å²) in [5, 5.41) is 5.92. The van der Waals surface area contributed by atoms with E-state index in [0.29, 0.717) is 0 Å². The highest BCUT2D eigenvalue weighted by molar-refractivity contribution is 6.05. The summed E-state index contributed by atoms with van der Waals surface area (Å²) < 4.78 is 0. The quantitative estimate of drug-likeness (QED) is 0.626. The number of anilines is 2.